The van der Waals surface area contributed by atoms with Crippen LogP contribution in [-0.2, 0) is 6.54 Å². The molecule has 2 aromatic rings. The van der Waals surface area contributed by atoms with Crippen LogP contribution < -0.4 is 5.32 Å². The third-order valence-corrected chi connectivity index (χ3v) is 3.96. The number of carbonyl (C=O) groups is 1. The molecule has 122 valence electrons. The molecule has 0 saturated carbocycles. The van der Waals surface area contributed by atoms with Gasteiger partial charge in [-0.1, -0.05) is 37.6 Å². The number of aromatic nitrogens is 3. The lowest BCUT2D eigenvalue weighted by atomic mass is 10.0. The summed E-state index contributed by atoms with van der Waals surface area (Å²) in [7, 11) is 0. The minimum absolute atomic E-state index is 0.122. The summed E-state index contributed by atoms with van der Waals surface area (Å²) >= 11 is 5.25. The molecule has 1 amide bonds. The fourth-order valence-electron chi connectivity index (χ4n) is 2.33. The van der Waals surface area contributed by atoms with Gasteiger partial charge in [0.25, 0.3) is 5.91 Å². The summed E-state index contributed by atoms with van der Waals surface area (Å²) < 4.78 is 2.37. The lowest BCUT2D eigenvalue weighted by molar-refractivity contribution is 0.0922. The summed E-state index contributed by atoms with van der Waals surface area (Å²) in [6.45, 7) is 10.4. The van der Waals surface area contributed by atoms with E-state index in [1.807, 2.05) is 49.6 Å². The molecule has 0 aliphatic carbocycles. The van der Waals surface area contributed by atoms with Crippen molar-refractivity contribution in [3.63, 3.8) is 0 Å². The zero-order chi connectivity index (χ0) is 17.0. The van der Waals surface area contributed by atoms with Crippen LogP contribution in [0.3, 0.4) is 0 Å². The number of aryl methyl sites for hydroxylation is 1. The van der Waals surface area contributed by atoms with Crippen molar-refractivity contribution in [3.8, 4) is 0 Å². The summed E-state index contributed by atoms with van der Waals surface area (Å²) in [5.41, 5.74) is 1.75. The summed E-state index contributed by atoms with van der Waals surface area (Å²) in [5.74, 6) is 0.756. The first-order valence-corrected chi connectivity index (χ1v) is 7.98. The van der Waals surface area contributed by atoms with Gasteiger partial charge in [0.2, 0.25) is 0 Å². The Morgan fingerprint density at radius 1 is 1.43 bits per heavy atom. The molecule has 1 aromatic carbocycles. The molecule has 0 saturated heterocycles. The van der Waals surface area contributed by atoms with Crippen LogP contribution in [0.2, 0.25) is 0 Å². The van der Waals surface area contributed by atoms with E-state index in [4.69, 9.17) is 12.2 Å². The summed E-state index contributed by atoms with van der Waals surface area (Å²) in [4.78, 5) is 12.5. The Kier molecular flexibility index (Phi) is 5.50. The molecule has 0 spiro atoms. The van der Waals surface area contributed by atoms with Crippen molar-refractivity contribution >= 4 is 18.1 Å². The van der Waals surface area contributed by atoms with Crippen LogP contribution >= 0.6 is 12.2 Å². The third-order valence-electron chi connectivity index (χ3n) is 3.64. The Hall–Kier alpha value is -2.21. The second-order valence-electron chi connectivity index (χ2n) is 5.85. The van der Waals surface area contributed by atoms with Crippen LogP contribution in [0.5, 0.6) is 0 Å². The Morgan fingerprint density at radius 3 is 2.65 bits per heavy atom. The van der Waals surface area contributed by atoms with Crippen LogP contribution in [0.15, 0.2) is 36.9 Å². The average Bonchev–Trinajstić information content (AvgIpc) is 2.86. The third kappa shape index (κ3) is 3.96. The van der Waals surface area contributed by atoms with Crippen LogP contribution in [0.25, 0.3) is 0 Å². The molecule has 1 aromatic heterocycles. The molecule has 0 bridgehead atoms. The number of nitrogens with zero attached hydrogens (tertiary/aromatic N) is 2. The van der Waals surface area contributed by atoms with Gasteiger partial charge in [-0.25, -0.2) is 0 Å². The number of amides is 1. The largest absolute Gasteiger partial charge is 0.342 e. The number of hydrogen-bond acceptors (Lipinski definition) is 3. The van der Waals surface area contributed by atoms with Gasteiger partial charge >= 0.3 is 0 Å². The second-order valence-corrected chi connectivity index (χ2v) is 6.23. The highest BCUT2D eigenvalue weighted by Gasteiger charge is 2.24. The maximum atomic E-state index is 12.5. The average molecular weight is 330 g/mol. The smallest absolute Gasteiger partial charge is 0.251 e. The number of aromatic amines is 1. The van der Waals surface area contributed by atoms with E-state index in [9.17, 15) is 4.79 Å². The summed E-state index contributed by atoms with van der Waals surface area (Å²) in [6.07, 6.45) is 1.76. The number of allylic oxidation sites excluding steroid dienone is 1. The number of rotatable bonds is 6. The van der Waals surface area contributed by atoms with Crippen molar-refractivity contribution < 1.29 is 4.79 Å². The van der Waals surface area contributed by atoms with Crippen LogP contribution in [0.1, 0.15) is 41.6 Å². The zero-order valence-electron chi connectivity index (χ0n) is 13.7. The SMILES string of the molecule is C=CCn1c(C(NC(=O)c2ccc(C)cc2)C(C)C)n[nH]c1=S. The topological polar surface area (TPSA) is 62.7 Å². The van der Waals surface area contributed by atoms with E-state index in [2.05, 4.69) is 22.1 Å². The predicted octanol–water partition coefficient (Wildman–Crippen LogP) is 3.56. The first-order chi connectivity index (χ1) is 10.9. The highest BCUT2D eigenvalue weighted by molar-refractivity contribution is 7.71. The van der Waals surface area contributed by atoms with Crippen molar-refractivity contribution in [3.05, 3.63) is 58.6 Å². The van der Waals surface area contributed by atoms with Gasteiger partial charge in [-0.05, 0) is 37.2 Å². The molecular weight excluding hydrogens is 308 g/mol. The highest BCUT2D eigenvalue weighted by atomic mass is 32.1. The van der Waals surface area contributed by atoms with Gasteiger partial charge in [0, 0.05) is 12.1 Å². The molecule has 1 unspecified atom stereocenters. The van der Waals surface area contributed by atoms with Gasteiger partial charge in [-0.15, -0.1) is 6.58 Å². The molecule has 23 heavy (non-hydrogen) atoms. The molecular formula is C17H22N4OS. The standard InChI is InChI=1S/C17H22N4OS/c1-5-10-21-15(19-20-17(21)23)14(11(2)3)18-16(22)13-8-6-12(4)7-9-13/h5-9,11,14H,1,10H2,2-4H3,(H,18,22)(H,20,23). The van der Waals surface area contributed by atoms with Crippen LogP contribution in [-0.4, -0.2) is 20.7 Å². The quantitative estimate of drug-likeness (QED) is 0.629. The minimum Gasteiger partial charge on any atom is -0.342 e. The maximum absolute atomic E-state index is 12.5. The number of nitrogens with one attached hydrogen (secondary N) is 2. The van der Waals surface area contributed by atoms with Gasteiger partial charge < -0.3 is 5.32 Å². The second kappa shape index (κ2) is 7.37. The van der Waals surface area contributed by atoms with E-state index in [0.717, 1.165) is 5.56 Å². The fourth-order valence-corrected chi connectivity index (χ4v) is 2.55. The molecule has 2 rings (SSSR count). The van der Waals surface area contributed by atoms with E-state index in [1.54, 1.807) is 6.08 Å². The van der Waals surface area contributed by atoms with Crippen molar-refractivity contribution in [1.82, 2.24) is 20.1 Å². The highest BCUT2D eigenvalue weighted by Crippen LogP contribution is 2.21. The van der Waals surface area contributed by atoms with E-state index < -0.39 is 0 Å². The summed E-state index contributed by atoms with van der Waals surface area (Å²) in [5, 5.41) is 10.2. The lowest BCUT2D eigenvalue weighted by Gasteiger charge is -2.22. The Bertz CT molecular complexity index is 743. The van der Waals surface area contributed by atoms with Crippen LogP contribution in [0, 0.1) is 17.6 Å². The normalized spacial score (nSPS) is 12.2. The van der Waals surface area contributed by atoms with E-state index in [1.165, 1.54) is 0 Å². The molecule has 6 heteroatoms. The van der Waals surface area contributed by atoms with E-state index >= 15 is 0 Å². The fraction of sp³-hybridized carbons (Fsp3) is 0.353. The number of carbonyl (C=O) groups excluding carboxylic acids is 1. The van der Waals surface area contributed by atoms with Crippen molar-refractivity contribution in [2.75, 3.05) is 0 Å². The maximum Gasteiger partial charge on any atom is 0.251 e. The van der Waals surface area contributed by atoms with Gasteiger partial charge in [0.1, 0.15) is 0 Å². The van der Waals surface area contributed by atoms with Crippen molar-refractivity contribution in [2.45, 2.75) is 33.4 Å². The summed E-state index contributed by atoms with van der Waals surface area (Å²) in [6, 6.07) is 7.25. The Labute approximate surface area is 141 Å². The predicted molar refractivity (Wildman–Crippen MR) is 93.8 cm³/mol. The number of benzene rings is 1. The molecule has 5 nitrogen and oxygen atoms in total. The van der Waals surface area contributed by atoms with Gasteiger partial charge in [0.15, 0.2) is 10.6 Å². The van der Waals surface area contributed by atoms with Crippen molar-refractivity contribution in [2.24, 2.45) is 5.92 Å². The van der Waals surface area contributed by atoms with Gasteiger partial charge in [0.05, 0.1) is 6.04 Å². The zero-order valence-corrected chi connectivity index (χ0v) is 14.5. The lowest BCUT2D eigenvalue weighted by Crippen LogP contribution is -2.33. The minimum atomic E-state index is -0.239. The molecule has 0 fully saturated rings. The first kappa shape index (κ1) is 17.1. The molecule has 0 aliphatic heterocycles. The number of H-pyrrole nitrogens is 1. The first-order valence-electron chi connectivity index (χ1n) is 7.57. The Balaban J connectivity index is 2.29. The van der Waals surface area contributed by atoms with E-state index in [0.29, 0.717) is 22.7 Å². The molecule has 0 aliphatic rings. The van der Waals surface area contributed by atoms with Gasteiger partial charge in [-0.3, -0.25) is 14.5 Å². The monoisotopic (exact) mass is 330 g/mol. The Morgan fingerprint density at radius 2 is 2.09 bits per heavy atom. The van der Waals surface area contributed by atoms with E-state index in [-0.39, 0.29) is 17.9 Å². The van der Waals surface area contributed by atoms with Gasteiger partial charge in [-0.2, -0.15) is 5.10 Å². The number of hydrogen-bond donors (Lipinski definition) is 2. The molecule has 1 atom stereocenters. The molecule has 1 heterocycles. The molecule has 2 N–H and O–H groups in total. The van der Waals surface area contributed by atoms with Crippen molar-refractivity contribution in [1.29, 1.82) is 0 Å². The molecule has 0 radical (unpaired) electrons. The van der Waals surface area contributed by atoms with Crippen LogP contribution in [0.4, 0.5) is 0 Å².